The number of alkyl halides is 1. The highest BCUT2D eigenvalue weighted by Crippen LogP contribution is 2.30. The van der Waals surface area contributed by atoms with Crippen LogP contribution in [-0.2, 0) is 14.3 Å². The van der Waals surface area contributed by atoms with Crippen LogP contribution < -0.4 is 11.1 Å². The van der Waals surface area contributed by atoms with Crippen LogP contribution in [0, 0.1) is 0 Å². The summed E-state index contributed by atoms with van der Waals surface area (Å²) >= 11 is 0. The summed E-state index contributed by atoms with van der Waals surface area (Å²) in [6, 6.07) is -0.634. The molecule has 0 saturated carbocycles. The van der Waals surface area contributed by atoms with Crippen molar-refractivity contribution in [3.05, 3.63) is 12.3 Å². The van der Waals surface area contributed by atoms with Gasteiger partial charge in [0.15, 0.2) is 12.4 Å². The Hall–Kier alpha value is -1.71. The summed E-state index contributed by atoms with van der Waals surface area (Å²) in [6.45, 7) is 2.68. The van der Waals surface area contributed by atoms with Crippen LogP contribution in [0.5, 0.6) is 0 Å². The lowest BCUT2D eigenvalue weighted by Crippen LogP contribution is -2.54. The maximum atomic E-state index is 14.2. The molecule has 2 aliphatic rings. The number of nitrogens with two attached hydrogens (primary N) is 1. The van der Waals surface area contributed by atoms with Crippen molar-refractivity contribution in [2.45, 2.75) is 50.7 Å². The van der Waals surface area contributed by atoms with Gasteiger partial charge in [0.05, 0.1) is 6.17 Å². The Morgan fingerprint density at radius 2 is 2.33 bits per heavy atom. The van der Waals surface area contributed by atoms with Gasteiger partial charge in [0, 0.05) is 13.1 Å². The summed E-state index contributed by atoms with van der Waals surface area (Å²) in [5, 5.41) is 12.3. The second-order valence-corrected chi connectivity index (χ2v) is 4.96. The molecule has 2 heterocycles. The van der Waals surface area contributed by atoms with Crippen LogP contribution in [0.15, 0.2) is 12.3 Å². The molecule has 0 radical (unpaired) electrons. The number of carbonyl (C=O) groups is 2. The highest BCUT2D eigenvalue weighted by Gasteiger charge is 2.50. The number of rotatable bonds is 3. The van der Waals surface area contributed by atoms with E-state index in [-0.39, 0.29) is 0 Å². The van der Waals surface area contributed by atoms with E-state index >= 15 is 0 Å². The van der Waals surface area contributed by atoms with Crippen LogP contribution >= 0.6 is 0 Å². The number of halogens is 1. The summed E-state index contributed by atoms with van der Waals surface area (Å²) in [4.78, 5) is 23.7. The molecule has 8 nitrogen and oxygen atoms in total. The minimum absolute atomic E-state index is 0.571. The van der Waals surface area contributed by atoms with Crippen LogP contribution in [0.1, 0.15) is 13.8 Å². The highest BCUT2D eigenvalue weighted by molar-refractivity contribution is 5.77. The highest BCUT2D eigenvalue weighted by atomic mass is 19.1. The van der Waals surface area contributed by atoms with Crippen molar-refractivity contribution in [3.63, 3.8) is 0 Å². The maximum Gasteiger partial charge on any atom is 0.325 e. The third-order valence-corrected chi connectivity index (χ3v) is 3.30. The standard InChI is InChI=1S/C12H18FN3O5/c1-5(20-6(2)17)10-9(18)8(13)11(21-10)16-4-3-7(14)15-12(16)19/h3-5,7-11,18H,14H2,1-2H3,(H,15,19). The van der Waals surface area contributed by atoms with Gasteiger partial charge < -0.3 is 25.6 Å². The molecule has 4 N–H and O–H groups in total. The van der Waals surface area contributed by atoms with Crippen molar-refractivity contribution < 1.29 is 28.6 Å². The Kier molecular flexibility index (Phi) is 4.45. The van der Waals surface area contributed by atoms with Gasteiger partial charge in [-0.2, -0.15) is 0 Å². The molecule has 9 heteroatoms. The second kappa shape index (κ2) is 5.96. The van der Waals surface area contributed by atoms with E-state index in [4.69, 9.17) is 15.2 Å². The molecule has 1 fully saturated rings. The van der Waals surface area contributed by atoms with E-state index < -0.39 is 48.9 Å². The van der Waals surface area contributed by atoms with Crippen LogP contribution in [0.4, 0.5) is 9.18 Å². The number of hydrogen-bond donors (Lipinski definition) is 3. The molecular weight excluding hydrogens is 285 g/mol. The molecule has 2 amide bonds. The number of aliphatic hydroxyl groups is 1. The van der Waals surface area contributed by atoms with Crippen molar-refractivity contribution in [2.75, 3.05) is 0 Å². The number of hydrogen-bond acceptors (Lipinski definition) is 6. The fourth-order valence-electron chi connectivity index (χ4n) is 2.32. The van der Waals surface area contributed by atoms with E-state index in [9.17, 15) is 19.1 Å². The smallest absolute Gasteiger partial charge is 0.325 e. The zero-order chi connectivity index (χ0) is 15.7. The van der Waals surface area contributed by atoms with E-state index in [0.717, 1.165) is 4.90 Å². The maximum absolute atomic E-state index is 14.2. The normalized spacial score (nSPS) is 37.3. The first-order valence-electron chi connectivity index (χ1n) is 6.49. The zero-order valence-corrected chi connectivity index (χ0v) is 11.6. The van der Waals surface area contributed by atoms with Crippen molar-refractivity contribution in [2.24, 2.45) is 5.73 Å². The molecule has 0 aromatic heterocycles. The van der Waals surface area contributed by atoms with Gasteiger partial charge in [-0.25, -0.2) is 9.18 Å². The third-order valence-electron chi connectivity index (χ3n) is 3.30. The molecular formula is C12H18FN3O5. The summed E-state index contributed by atoms with van der Waals surface area (Å²) in [7, 11) is 0. The van der Waals surface area contributed by atoms with Crippen LogP contribution in [-0.4, -0.2) is 58.9 Å². The molecule has 21 heavy (non-hydrogen) atoms. The summed E-state index contributed by atoms with van der Waals surface area (Å²) in [6.07, 6.45) is -4.48. The van der Waals surface area contributed by atoms with Crippen LogP contribution in [0.25, 0.3) is 0 Å². The number of carbonyl (C=O) groups excluding carboxylic acids is 2. The second-order valence-electron chi connectivity index (χ2n) is 4.96. The number of esters is 1. The van der Waals surface area contributed by atoms with Gasteiger partial charge >= 0.3 is 12.0 Å². The minimum atomic E-state index is -1.84. The quantitative estimate of drug-likeness (QED) is 0.587. The number of amides is 2. The lowest BCUT2D eigenvalue weighted by molar-refractivity contribution is -0.158. The Labute approximate surface area is 120 Å². The van der Waals surface area contributed by atoms with E-state index in [1.165, 1.54) is 26.1 Å². The predicted octanol–water partition coefficient (Wildman–Crippen LogP) is -0.814. The number of urea groups is 1. The molecule has 0 aliphatic carbocycles. The SMILES string of the molecule is CC(=O)OC(C)C1OC(N2C=CC(N)NC2=O)C(F)C1O. The molecule has 0 aromatic carbocycles. The lowest BCUT2D eigenvalue weighted by atomic mass is 10.1. The molecule has 118 valence electrons. The summed E-state index contributed by atoms with van der Waals surface area (Å²) in [5.74, 6) is -0.571. The average molecular weight is 303 g/mol. The molecule has 2 rings (SSSR count). The molecule has 0 aromatic rings. The Morgan fingerprint density at radius 1 is 1.67 bits per heavy atom. The summed E-state index contributed by atoms with van der Waals surface area (Å²) < 4.78 is 24.4. The first kappa shape index (κ1) is 15.7. The number of nitrogens with one attached hydrogen (secondary N) is 1. The van der Waals surface area contributed by atoms with Crippen molar-refractivity contribution in [1.29, 1.82) is 0 Å². The number of aliphatic hydroxyl groups excluding tert-OH is 1. The zero-order valence-electron chi connectivity index (χ0n) is 11.6. The minimum Gasteiger partial charge on any atom is -0.460 e. The average Bonchev–Trinajstić information content (AvgIpc) is 2.66. The monoisotopic (exact) mass is 303 g/mol. The van der Waals surface area contributed by atoms with Crippen LogP contribution in [0.3, 0.4) is 0 Å². The van der Waals surface area contributed by atoms with Gasteiger partial charge in [0.25, 0.3) is 0 Å². The molecule has 6 unspecified atom stereocenters. The van der Waals surface area contributed by atoms with E-state index in [0.29, 0.717) is 0 Å². The fraction of sp³-hybridized carbons (Fsp3) is 0.667. The number of nitrogens with zero attached hydrogens (tertiary/aromatic N) is 1. The van der Waals surface area contributed by atoms with Gasteiger partial charge in [0.2, 0.25) is 0 Å². The molecule has 0 bridgehead atoms. The largest absolute Gasteiger partial charge is 0.460 e. The topological polar surface area (TPSA) is 114 Å². The molecule has 2 aliphatic heterocycles. The fourth-order valence-corrected chi connectivity index (χ4v) is 2.32. The van der Waals surface area contributed by atoms with E-state index in [1.807, 2.05) is 0 Å². The van der Waals surface area contributed by atoms with Gasteiger partial charge in [-0.3, -0.25) is 9.69 Å². The van der Waals surface area contributed by atoms with Crippen molar-refractivity contribution in [3.8, 4) is 0 Å². The third kappa shape index (κ3) is 3.14. The lowest BCUT2D eigenvalue weighted by Gasteiger charge is -2.31. The van der Waals surface area contributed by atoms with Gasteiger partial charge in [-0.15, -0.1) is 0 Å². The Morgan fingerprint density at radius 3 is 2.90 bits per heavy atom. The molecule has 1 saturated heterocycles. The van der Waals surface area contributed by atoms with Gasteiger partial charge in [-0.1, -0.05) is 0 Å². The van der Waals surface area contributed by atoms with Crippen molar-refractivity contribution in [1.82, 2.24) is 10.2 Å². The van der Waals surface area contributed by atoms with Crippen LogP contribution in [0.2, 0.25) is 0 Å². The van der Waals surface area contributed by atoms with Gasteiger partial charge in [-0.05, 0) is 13.0 Å². The van der Waals surface area contributed by atoms with E-state index in [2.05, 4.69) is 5.32 Å². The number of ether oxygens (including phenoxy) is 2. The Bertz CT molecular complexity index is 460. The molecule has 6 atom stereocenters. The predicted molar refractivity (Wildman–Crippen MR) is 68.3 cm³/mol. The van der Waals surface area contributed by atoms with Crippen molar-refractivity contribution >= 4 is 12.0 Å². The molecule has 0 spiro atoms. The first-order valence-corrected chi connectivity index (χ1v) is 6.49. The first-order chi connectivity index (χ1) is 9.81. The van der Waals surface area contributed by atoms with Gasteiger partial charge in [0.1, 0.15) is 18.3 Å². The Balaban J connectivity index is 2.11. The van der Waals surface area contributed by atoms with E-state index in [1.54, 1.807) is 0 Å². The summed E-state index contributed by atoms with van der Waals surface area (Å²) in [5.41, 5.74) is 5.49.